The highest BCUT2D eigenvalue weighted by atomic mass is 19.3. The number of hydrogen-bond acceptors (Lipinski definition) is 1. The van der Waals surface area contributed by atoms with Crippen molar-refractivity contribution in [1.82, 2.24) is 0 Å². The highest BCUT2D eigenvalue weighted by Gasteiger charge is 2.42. The van der Waals surface area contributed by atoms with Crippen LogP contribution in [0.15, 0.2) is 0 Å². The molecule has 0 radical (unpaired) electrons. The summed E-state index contributed by atoms with van der Waals surface area (Å²) in [6.07, 6.45) is 3.82. The van der Waals surface area contributed by atoms with E-state index in [2.05, 4.69) is 0 Å². The van der Waals surface area contributed by atoms with Crippen LogP contribution in [-0.4, -0.2) is 19.6 Å². The molecule has 0 bridgehead atoms. The molecule has 0 unspecified atom stereocenters. The molecule has 0 atom stereocenters. The molecule has 0 heterocycles. The zero-order valence-electron chi connectivity index (χ0n) is 10.4. The van der Waals surface area contributed by atoms with Crippen molar-refractivity contribution in [2.45, 2.75) is 58.8 Å². The summed E-state index contributed by atoms with van der Waals surface area (Å²) in [4.78, 5) is 0. The van der Waals surface area contributed by atoms with Crippen molar-refractivity contribution in [2.24, 2.45) is 5.41 Å². The molecule has 0 aliphatic heterocycles. The van der Waals surface area contributed by atoms with Gasteiger partial charge in [-0.25, -0.2) is 8.78 Å². The highest BCUT2D eigenvalue weighted by molar-refractivity contribution is 4.92. The van der Waals surface area contributed by atoms with Gasteiger partial charge in [0.15, 0.2) is 0 Å². The van der Waals surface area contributed by atoms with E-state index in [-0.39, 0.29) is 11.8 Å². The van der Waals surface area contributed by atoms with Gasteiger partial charge in [0.25, 0.3) is 0 Å². The Morgan fingerprint density at radius 1 is 1.27 bits per heavy atom. The average Bonchev–Trinajstić information content (AvgIpc) is 2.87. The number of methoxy groups -OCH3 is 1. The highest BCUT2D eigenvalue weighted by Crippen LogP contribution is 2.50. The molecule has 1 nitrogen and oxygen atoms in total. The first-order chi connectivity index (χ1) is 6.97. The molecule has 0 aromatic carbocycles. The smallest absolute Gasteiger partial charge is 0.245 e. The third-order valence-electron chi connectivity index (χ3n) is 2.73. The van der Waals surface area contributed by atoms with Crippen LogP contribution < -0.4 is 0 Å². The molecule has 1 saturated carbocycles. The fraction of sp³-hybridized carbons (Fsp3) is 1.00. The van der Waals surface area contributed by atoms with Gasteiger partial charge >= 0.3 is 0 Å². The lowest BCUT2D eigenvalue weighted by atomic mass is 9.99. The van der Waals surface area contributed by atoms with Crippen molar-refractivity contribution >= 4 is 0 Å². The predicted molar refractivity (Wildman–Crippen MR) is 59.4 cm³/mol. The number of halogens is 2. The SMILES string of the molecule is CC.COCC1(CCCC(C)(F)F)CC1. The van der Waals surface area contributed by atoms with E-state index in [1.807, 2.05) is 13.8 Å². The topological polar surface area (TPSA) is 9.23 Å². The van der Waals surface area contributed by atoms with Crippen LogP contribution in [-0.2, 0) is 4.74 Å². The largest absolute Gasteiger partial charge is 0.384 e. The lowest BCUT2D eigenvalue weighted by molar-refractivity contribution is 0.00765. The lowest BCUT2D eigenvalue weighted by Crippen LogP contribution is -2.13. The molecular weight excluding hydrogens is 198 g/mol. The van der Waals surface area contributed by atoms with Crippen LogP contribution in [0.5, 0.6) is 0 Å². The minimum atomic E-state index is -2.50. The first kappa shape index (κ1) is 14.8. The molecule has 1 fully saturated rings. The van der Waals surface area contributed by atoms with E-state index < -0.39 is 5.92 Å². The quantitative estimate of drug-likeness (QED) is 0.652. The Balaban J connectivity index is 0.000000921. The van der Waals surface area contributed by atoms with Crippen LogP contribution in [0.4, 0.5) is 8.78 Å². The second-order valence-corrected chi connectivity index (χ2v) is 4.36. The van der Waals surface area contributed by atoms with Gasteiger partial charge in [0.1, 0.15) is 0 Å². The molecule has 0 aromatic rings. The number of ether oxygens (including phenoxy) is 1. The Morgan fingerprint density at radius 2 is 1.80 bits per heavy atom. The summed E-state index contributed by atoms with van der Waals surface area (Å²) in [5.74, 6) is -2.50. The van der Waals surface area contributed by atoms with E-state index in [9.17, 15) is 8.78 Å². The van der Waals surface area contributed by atoms with Gasteiger partial charge in [0, 0.05) is 13.5 Å². The number of rotatable bonds is 6. The summed E-state index contributed by atoms with van der Waals surface area (Å²) in [6.45, 7) is 5.73. The van der Waals surface area contributed by atoms with Gasteiger partial charge in [0.2, 0.25) is 5.92 Å². The Labute approximate surface area is 92.2 Å². The van der Waals surface area contributed by atoms with Crippen molar-refractivity contribution in [3.05, 3.63) is 0 Å². The van der Waals surface area contributed by atoms with Crippen LogP contribution in [0.2, 0.25) is 0 Å². The Kier molecular flexibility index (Phi) is 6.34. The average molecular weight is 222 g/mol. The lowest BCUT2D eigenvalue weighted by Gasteiger charge is -2.15. The van der Waals surface area contributed by atoms with Crippen LogP contribution in [0.1, 0.15) is 52.9 Å². The maximum atomic E-state index is 12.5. The molecule has 0 N–H and O–H groups in total. The van der Waals surface area contributed by atoms with Crippen LogP contribution in [0.25, 0.3) is 0 Å². The van der Waals surface area contributed by atoms with Crippen LogP contribution in [0, 0.1) is 5.41 Å². The van der Waals surface area contributed by atoms with E-state index in [0.29, 0.717) is 6.42 Å². The molecule has 0 saturated heterocycles. The Morgan fingerprint density at radius 3 is 2.13 bits per heavy atom. The zero-order valence-corrected chi connectivity index (χ0v) is 10.4. The molecule has 1 aliphatic carbocycles. The van der Waals surface area contributed by atoms with E-state index in [4.69, 9.17) is 4.74 Å². The maximum Gasteiger partial charge on any atom is 0.245 e. The Hall–Kier alpha value is -0.180. The minimum absolute atomic E-state index is 0.0124. The van der Waals surface area contributed by atoms with Crippen molar-refractivity contribution in [1.29, 1.82) is 0 Å². The summed E-state index contributed by atoms with van der Waals surface area (Å²) >= 11 is 0. The molecule has 3 heteroatoms. The first-order valence-electron chi connectivity index (χ1n) is 5.84. The summed E-state index contributed by atoms with van der Waals surface area (Å²) < 4.78 is 30.0. The molecule has 0 aromatic heterocycles. The van der Waals surface area contributed by atoms with E-state index >= 15 is 0 Å². The monoisotopic (exact) mass is 222 g/mol. The third-order valence-corrected chi connectivity index (χ3v) is 2.73. The van der Waals surface area contributed by atoms with Crippen molar-refractivity contribution in [2.75, 3.05) is 13.7 Å². The second-order valence-electron chi connectivity index (χ2n) is 4.36. The van der Waals surface area contributed by atoms with Gasteiger partial charge < -0.3 is 4.74 Å². The minimum Gasteiger partial charge on any atom is -0.384 e. The summed E-state index contributed by atoms with van der Waals surface area (Å²) in [5, 5.41) is 0. The number of hydrogen-bond donors (Lipinski definition) is 0. The zero-order chi connectivity index (χ0) is 11.9. The van der Waals surface area contributed by atoms with Gasteiger partial charge in [-0.1, -0.05) is 13.8 Å². The summed E-state index contributed by atoms with van der Waals surface area (Å²) in [6, 6.07) is 0. The van der Waals surface area contributed by atoms with Crippen molar-refractivity contribution in [3.63, 3.8) is 0 Å². The Bertz CT molecular complexity index is 159. The van der Waals surface area contributed by atoms with Crippen molar-refractivity contribution in [3.8, 4) is 0 Å². The van der Waals surface area contributed by atoms with Gasteiger partial charge in [-0.3, -0.25) is 0 Å². The normalized spacial score (nSPS) is 18.0. The third kappa shape index (κ3) is 6.82. The molecular formula is C12H24F2O. The molecule has 1 aliphatic rings. The predicted octanol–water partition coefficient (Wildman–Crippen LogP) is 4.26. The van der Waals surface area contributed by atoms with E-state index in [1.54, 1.807) is 7.11 Å². The second kappa shape index (κ2) is 6.41. The molecule has 1 rings (SSSR count). The van der Waals surface area contributed by atoms with E-state index in [0.717, 1.165) is 32.8 Å². The fourth-order valence-electron chi connectivity index (χ4n) is 1.72. The van der Waals surface area contributed by atoms with E-state index in [1.165, 1.54) is 0 Å². The van der Waals surface area contributed by atoms with Crippen molar-refractivity contribution < 1.29 is 13.5 Å². The standard InChI is InChI=1S/C10H18F2O.C2H6/c1-9(11,12)4-3-5-10(6-7-10)8-13-2;1-2/h3-8H2,1-2H3;1-2H3. The maximum absolute atomic E-state index is 12.5. The van der Waals surface area contributed by atoms with Gasteiger partial charge in [0.05, 0.1) is 6.61 Å². The fourth-order valence-corrected chi connectivity index (χ4v) is 1.72. The van der Waals surface area contributed by atoms with Gasteiger partial charge in [-0.05, 0) is 38.0 Å². The van der Waals surface area contributed by atoms with Gasteiger partial charge in [-0.2, -0.15) is 0 Å². The molecule has 15 heavy (non-hydrogen) atoms. The van der Waals surface area contributed by atoms with Crippen LogP contribution >= 0.6 is 0 Å². The molecule has 0 amide bonds. The van der Waals surface area contributed by atoms with Gasteiger partial charge in [-0.15, -0.1) is 0 Å². The molecule has 0 spiro atoms. The first-order valence-corrected chi connectivity index (χ1v) is 5.84. The number of alkyl halides is 2. The summed E-state index contributed by atoms with van der Waals surface area (Å²) in [5.41, 5.74) is 0.264. The van der Waals surface area contributed by atoms with Crippen LogP contribution in [0.3, 0.4) is 0 Å². The summed E-state index contributed by atoms with van der Waals surface area (Å²) in [7, 11) is 1.68. The molecule has 92 valence electrons.